The Balaban J connectivity index is 1.62. The van der Waals surface area contributed by atoms with Gasteiger partial charge in [0.1, 0.15) is 5.82 Å². The standard InChI is InChI=1S/C20H19FN4O/c1-13-5-3-8-17(14(13)2)22-18-9-10-19(25-24-18)23-20(26)12-15-6-4-7-16(21)11-15/h3-11H,12H2,1-2H3,(H,22,24)(H,23,25,26). The Morgan fingerprint density at radius 2 is 1.73 bits per heavy atom. The van der Waals surface area contributed by atoms with Gasteiger partial charge >= 0.3 is 0 Å². The van der Waals surface area contributed by atoms with Crippen molar-refractivity contribution in [1.82, 2.24) is 10.2 Å². The average molecular weight is 350 g/mol. The second kappa shape index (κ2) is 7.74. The van der Waals surface area contributed by atoms with Gasteiger partial charge in [-0.15, -0.1) is 10.2 Å². The largest absolute Gasteiger partial charge is 0.339 e. The number of carbonyl (C=O) groups excluding carboxylic acids is 1. The van der Waals surface area contributed by atoms with Crippen molar-refractivity contribution in [2.75, 3.05) is 10.6 Å². The Kier molecular flexibility index (Phi) is 5.22. The maximum atomic E-state index is 13.2. The second-order valence-electron chi connectivity index (χ2n) is 6.03. The molecule has 5 nitrogen and oxygen atoms in total. The minimum Gasteiger partial charge on any atom is -0.339 e. The number of benzene rings is 2. The molecule has 3 rings (SSSR count). The number of amides is 1. The van der Waals surface area contributed by atoms with Crippen LogP contribution in [0.15, 0.2) is 54.6 Å². The predicted molar refractivity (Wildman–Crippen MR) is 100.0 cm³/mol. The highest BCUT2D eigenvalue weighted by Crippen LogP contribution is 2.21. The number of hydrogen-bond donors (Lipinski definition) is 2. The van der Waals surface area contributed by atoms with E-state index in [4.69, 9.17) is 0 Å². The van der Waals surface area contributed by atoms with Gasteiger partial charge in [0.25, 0.3) is 0 Å². The zero-order chi connectivity index (χ0) is 18.5. The molecule has 0 aliphatic rings. The van der Waals surface area contributed by atoms with E-state index in [0.717, 1.165) is 11.3 Å². The molecule has 0 bridgehead atoms. The molecular weight excluding hydrogens is 331 g/mol. The van der Waals surface area contributed by atoms with E-state index in [1.54, 1.807) is 24.3 Å². The van der Waals surface area contributed by atoms with E-state index < -0.39 is 0 Å². The summed E-state index contributed by atoms with van der Waals surface area (Å²) in [7, 11) is 0. The highest BCUT2D eigenvalue weighted by Gasteiger charge is 2.07. The molecule has 0 saturated heterocycles. The zero-order valence-electron chi connectivity index (χ0n) is 14.6. The van der Waals surface area contributed by atoms with Gasteiger partial charge in [0.05, 0.1) is 6.42 Å². The van der Waals surface area contributed by atoms with E-state index in [-0.39, 0.29) is 18.1 Å². The highest BCUT2D eigenvalue weighted by atomic mass is 19.1. The lowest BCUT2D eigenvalue weighted by Crippen LogP contribution is -2.15. The Bertz CT molecular complexity index is 925. The number of carbonyl (C=O) groups is 1. The lowest BCUT2D eigenvalue weighted by Gasteiger charge is -2.10. The number of anilines is 3. The zero-order valence-corrected chi connectivity index (χ0v) is 14.6. The van der Waals surface area contributed by atoms with Crippen LogP contribution in [-0.4, -0.2) is 16.1 Å². The summed E-state index contributed by atoms with van der Waals surface area (Å²) in [5.41, 5.74) is 3.89. The summed E-state index contributed by atoms with van der Waals surface area (Å²) < 4.78 is 13.2. The molecule has 2 aromatic carbocycles. The van der Waals surface area contributed by atoms with Crippen molar-refractivity contribution in [3.63, 3.8) is 0 Å². The van der Waals surface area contributed by atoms with E-state index in [1.807, 2.05) is 32.0 Å². The maximum absolute atomic E-state index is 13.2. The van der Waals surface area contributed by atoms with Crippen LogP contribution in [0.5, 0.6) is 0 Å². The summed E-state index contributed by atoms with van der Waals surface area (Å²) in [4.78, 5) is 12.0. The van der Waals surface area contributed by atoms with Crippen molar-refractivity contribution in [2.24, 2.45) is 0 Å². The monoisotopic (exact) mass is 350 g/mol. The Morgan fingerprint density at radius 3 is 2.46 bits per heavy atom. The van der Waals surface area contributed by atoms with Crippen LogP contribution >= 0.6 is 0 Å². The van der Waals surface area contributed by atoms with Crippen LogP contribution in [0.3, 0.4) is 0 Å². The molecule has 0 unspecified atom stereocenters. The van der Waals surface area contributed by atoms with E-state index in [9.17, 15) is 9.18 Å². The molecule has 1 aromatic heterocycles. The van der Waals surface area contributed by atoms with E-state index in [1.165, 1.54) is 17.7 Å². The van der Waals surface area contributed by atoms with Crippen LogP contribution in [0.1, 0.15) is 16.7 Å². The molecule has 0 radical (unpaired) electrons. The number of aromatic nitrogens is 2. The first-order valence-electron chi connectivity index (χ1n) is 8.22. The molecule has 1 heterocycles. The Labute approximate surface area is 151 Å². The quantitative estimate of drug-likeness (QED) is 0.725. The van der Waals surface area contributed by atoms with Gasteiger partial charge in [-0.1, -0.05) is 24.3 Å². The molecule has 0 spiro atoms. The first kappa shape index (κ1) is 17.5. The molecule has 0 aliphatic carbocycles. The lowest BCUT2D eigenvalue weighted by molar-refractivity contribution is -0.115. The van der Waals surface area contributed by atoms with E-state index in [0.29, 0.717) is 17.2 Å². The van der Waals surface area contributed by atoms with Crippen LogP contribution in [0.25, 0.3) is 0 Å². The smallest absolute Gasteiger partial charge is 0.229 e. The minimum absolute atomic E-state index is 0.0714. The molecule has 2 N–H and O–H groups in total. The fourth-order valence-corrected chi connectivity index (χ4v) is 2.51. The predicted octanol–water partition coefficient (Wildman–Crippen LogP) is 4.16. The summed E-state index contributed by atoms with van der Waals surface area (Å²) in [6, 6.07) is 15.4. The summed E-state index contributed by atoms with van der Waals surface area (Å²) in [6.45, 7) is 4.08. The molecule has 0 aliphatic heterocycles. The third-order valence-corrected chi connectivity index (χ3v) is 4.05. The maximum Gasteiger partial charge on any atom is 0.229 e. The van der Waals surface area contributed by atoms with Gasteiger partial charge in [0.15, 0.2) is 11.6 Å². The number of rotatable bonds is 5. The van der Waals surface area contributed by atoms with Gasteiger partial charge in [0.2, 0.25) is 5.91 Å². The van der Waals surface area contributed by atoms with Gasteiger partial charge in [-0.3, -0.25) is 4.79 Å². The van der Waals surface area contributed by atoms with Crippen LogP contribution in [-0.2, 0) is 11.2 Å². The normalized spacial score (nSPS) is 10.4. The fourth-order valence-electron chi connectivity index (χ4n) is 2.51. The average Bonchev–Trinajstić information content (AvgIpc) is 2.60. The topological polar surface area (TPSA) is 66.9 Å². The second-order valence-corrected chi connectivity index (χ2v) is 6.03. The molecule has 26 heavy (non-hydrogen) atoms. The first-order valence-corrected chi connectivity index (χ1v) is 8.22. The van der Waals surface area contributed by atoms with E-state index in [2.05, 4.69) is 20.8 Å². The lowest BCUT2D eigenvalue weighted by atomic mass is 10.1. The summed E-state index contributed by atoms with van der Waals surface area (Å²) in [5.74, 6) is 0.289. The van der Waals surface area contributed by atoms with Gasteiger partial charge in [-0.05, 0) is 60.9 Å². The highest BCUT2D eigenvalue weighted by molar-refractivity contribution is 5.91. The molecule has 1 amide bonds. The number of hydrogen-bond acceptors (Lipinski definition) is 4. The SMILES string of the molecule is Cc1cccc(Nc2ccc(NC(=O)Cc3cccc(F)c3)nn2)c1C. The number of halogens is 1. The first-order chi connectivity index (χ1) is 12.5. The van der Waals surface area contributed by atoms with Crippen LogP contribution in [0.4, 0.5) is 21.7 Å². The summed E-state index contributed by atoms with van der Waals surface area (Å²) >= 11 is 0. The van der Waals surface area contributed by atoms with Crippen LogP contribution in [0.2, 0.25) is 0 Å². The minimum atomic E-state index is -0.364. The number of aryl methyl sites for hydroxylation is 1. The van der Waals surface area contributed by atoms with Crippen LogP contribution < -0.4 is 10.6 Å². The van der Waals surface area contributed by atoms with Crippen molar-refractivity contribution >= 4 is 23.2 Å². The molecule has 0 atom stereocenters. The van der Waals surface area contributed by atoms with E-state index >= 15 is 0 Å². The Morgan fingerprint density at radius 1 is 1.00 bits per heavy atom. The number of nitrogens with zero attached hydrogens (tertiary/aromatic N) is 2. The van der Waals surface area contributed by atoms with Crippen LogP contribution in [0, 0.1) is 19.7 Å². The van der Waals surface area contributed by atoms with Gasteiger partial charge in [-0.2, -0.15) is 0 Å². The molecule has 3 aromatic rings. The van der Waals surface area contributed by atoms with Crippen molar-refractivity contribution in [1.29, 1.82) is 0 Å². The molecule has 0 saturated carbocycles. The fraction of sp³-hybridized carbons (Fsp3) is 0.150. The third kappa shape index (κ3) is 4.42. The van der Waals surface area contributed by atoms with Gasteiger partial charge in [-0.25, -0.2) is 4.39 Å². The van der Waals surface area contributed by atoms with Crippen molar-refractivity contribution in [3.8, 4) is 0 Å². The molecule has 6 heteroatoms. The molecular formula is C20H19FN4O. The molecule has 132 valence electrons. The summed E-state index contributed by atoms with van der Waals surface area (Å²) in [6.07, 6.45) is 0.0714. The third-order valence-electron chi connectivity index (χ3n) is 4.05. The summed E-state index contributed by atoms with van der Waals surface area (Å²) in [5, 5.41) is 14.0. The van der Waals surface area contributed by atoms with Gasteiger partial charge in [0, 0.05) is 5.69 Å². The molecule has 0 fully saturated rings. The van der Waals surface area contributed by atoms with Crippen molar-refractivity contribution < 1.29 is 9.18 Å². The van der Waals surface area contributed by atoms with Crippen molar-refractivity contribution in [2.45, 2.75) is 20.3 Å². The van der Waals surface area contributed by atoms with Gasteiger partial charge < -0.3 is 10.6 Å². The number of nitrogens with one attached hydrogen (secondary N) is 2. The van der Waals surface area contributed by atoms with Crippen molar-refractivity contribution in [3.05, 3.63) is 77.1 Å². The Hall–Kier alpha value is -3.28.